The molecule has 1 aliphatic rings. The molecule has 0 spiro atoms. The van der Waals surface area contributed by atoms with Gasteiger partial charge < -0.3 is 5.32 Å². The standard InChI is InChI=1S/C27H21BrN2O2S/c1-16-25(17(2)31)26(19-9-11-22(28)12-10-19)23(14-29)27(30-16)33-15-24(32)21-8-7-18-5-3-4-6-20(18)13-21/h3-13,26,30H,15H2,1-2H3/t26-/m1/s1. The minimum Gasteiger partial charge on any atom is -0.353 e. The molecule has 0 aromatic heterocycles. The van der Waals surface area contributed by atoms with Crippen molar-refractivity contribution >= 4 is 50.0 Å². The van der Waals surface area contributed by atoms with E-state index < -0.39 is 5.92 Å². The summed E-state index contributed by atoms with van der Waals surface area (Å²) in [5.41, 5.74) is 3.22. The Hall–Kier alpha value is -3.14. The fourth-order valence-corrected chi connectivity index (χ4v) is 5.32. The second-order valence-electron chi connectivity index (χ2n) is 7.83. The van der Waals surface area contributed by atoms with Gasteiger partial charge in [0.2, 0.25) is 0 Å². The number of nitriles is 1. The first-order valence-corrected chi connectivity index (χ1v) is 12.2. The van der Waals surface area contributed by atoms with Crippen LogP contribution in [-0.4, -0.2) is 17.3 Å². The maximum absolute atomic E-state index is 12.9. The number of allylic oxidation sites excluding steroid dienone is 3. The molecule has 1 aliphatic heterocycles. The highest BCUT2D eigenvalue weighted by Crippen LogP contribution is 2.41. The first-order valence-electron chi connectivity index (χ1n) is 10.4. The number of fused-ring (bicyclic) bond motifs is 1. The van der Waals surface area contributed by atoms with Crippen molar-refractivity contribution in [1.82, 2.24) is 5.32 Å². The molecule has 0 radical (unpaired) electrons. The van der Waals surface area contributed by atoms with Gasteiger partial charge in [0.1, 0.15) is 0 Å². The van der Waals surface area contributed by atoms with E-state index in [4.69, 9.17) is 0 Å². The normalized spacial score (nSPS) is 15.9. The third-order valence-electron chi connectivity index (χ3n) is 5.65. The number of thioether (sulfide) groups is 1. The summed E-state index contributed by atoms with van der Waals surface area (Å²) in [5, 5.41) is 16.0. The lowest BCUT2D eigenvalue weighted by Gasteiger charge is -2.29. The van der Waals surface area contributed by atoms with Gasteiger partial charge in [-0.1, -0.05) is 76.2 Å². The highest BCUT2D eigenvalue weighted by Gasteiger charge is 2.33. The lowest BCUT2D eigenvalue weighted by molar-refractivity contribution is -0.113. The first-order chi connectivity index (χ1) is 15.9. The zero-order valence-corrected chi connectivity index (χ0v) is 20.6. The molecule has 0 saturated heterocycles. The van der Waals surface area contributed by atoms with Gasteiger partial charge in [-0.15, -0.1) is 0 Å². The number of hydrogen-bond acceptors (Lipinski definition) is 5. The van der Waals surface area contributed by atoms with Crippen molar-refractivity contribution in [2.24, 2.45) is 0 Å². The molecule has 6 heteroatoms. The van der Waals surface area contributed by atoms with E-state index in [2.05, 4.69) is 27.3 Å². The summed E-state index contributed by atoms with van der Waals surface area (Å²) in [6.07, 6.45) is 0. The van der Waals surface area contributed by atoms with Crippen LogP contribution >= 0.6 is 27.7 Å². The number of carbonyl (C=O) groups excluding carboxylic acids is 2. The van der Waals surface area contributed by atoms with Crippen molar-refractivity contribution in [3.05, 3.63) is 104 Å². The Balaban J connectivity index is 1.64. The first kappa shape index (κ1) is 23.0. The zero-order chi connectivity index (χ0) is 23.5. The van der Waals surface area contributed by atoms with Gasteiger partial charge in [-0.25, -0.2) is 0 Å². The van der Waals surface area contributed by atoms with Crippen LogP contribution < -0.4 is 5.32 Å². The molecular weight excluding hydrogens is 496 g/mol. The van der Waals surface area contributed by atoms with Crippen molar-refractivity contribution < 1.29 is 9.59 Å². The molecule has 0 saturated carbocycles. The fraction of sp³-hybridized carbons (Fsp3) is 0.148. The monoisotopic (exact) mass is 516 g/mol. The molecule has 164 valence electrons. The van der Waals surface area contributed by atoms with Gasteiger partial charge in [0.05, 0.1) is 28.3 Å². The summed E-state index contributed by atoms with van der Waals surface area (Å²) in [7, 11) is 0. The van der Waals surface area contributed by atoms with Crippen LogP contribution in [0, 0.1) is 11.3 Å². The number of ketones is 2. The van der Waals surface area contributed by atoms with Gasteiger partial charge in [-0.2, -0.15) is 5.26 Å². The minimum atomic E-state index is -0.472. The summed E-state index contributed by atoms with van der Waals surface area (Å²) in [6, 6.07) is 23.5. The second-order valence-corrected chi connectivity index (χ2v) is 9.73. The Morgan fingerprint density at radius 2 is 1.76 bits per heavy atom. The van der Waals surface area contributed by atoms with Gasteiger partial charge in [-0.05, 0) is 48.4 Å². The topological polar surface area (TPSA) is 70.0 Å². The molecule has 1 atom stereocenters. The predicted molar refractivity (Wildman–Crippen MR) is 137 cm³/mol. The maximum atomic E-state index is 12.9. The van der Waals surface area contributed by atoms with Crippen LogP contribution in [0.5, 0.6) is 0 Å². The zero-order valence-electron chi connectivity index (χ0n) is 18.2. The molecule has 0 bridgehead atoms. The van der Waals surface area contributed by atoms with Gasteiger partial charge in [-0.3, -0.25) is 9.59 Å². The number of benzene rings is 3. The van der Waals surface area contributed by atoms with E-state index >= 15 is 0 Å². The number of hydrogen-bond donors (Lipinski definition) is 1. The summed E-state index contributed by atoms with van der Waals surface area (Å²) in [5.74, 6) is -0.393. The van der Waals surface area contributed by atoms with Crippen LogP contribution in [0.25, 0.3) is 10.8 Å². The molecule has 0 fully saturated rings. The largest absolute Gasteiger partial charge is 0.353 e. The van der Waals surface area contributed by atoms with Crippen LogP contribution in [0.15, 0.2) is 93.1 Å². The third kappa shape index (κ3) is 4.80. The van der Waals surface area contributed by atoms with Crippen LogP contribution in [-0.2, 0) is 4.79 Å². The van der Waals surface area contributed by atoms with Crippen molar-refractivity contribution in [2.75, 3.05) is 5.75 Å². The lowest BCUT2D eigenvalue weighted by Crippen LogP contribution is -2.27. The number of rotatable bonds is 6. The molecule has 33 heavy (non-hydrogen) atoms. The van der Waals surface area contributed by atoms with Crippen LogP contribution in [0.4, 0.5) is 0 Å². The summed E-state index contributed by atoms with van der Waals surface area (Å²) < 4.78 is 0.920. The van der Waals surface area contributed by atoms with E-state index in [1.54, 1.807) is 0 Å². The Labute approximate surface area is 205 Å². The molecule has 3 aromatic carbocycles. The van der Waals surface area contributed by atoms with Crippen LogP contribution in [0.1, 0.15) is 35.7 Å². The molecule has 0 unspecified atom stereocenters. The van der Waals surface area contributed by atoms with Crippen molar-refractivity contribution in [3.8, 4) is 6.07 Å². The fourth-order valence-electron chi connectivity index (χ4n) is 4.07. The Morgan fingerprint density at radius 1 is 1.06 bits per heavy atom. The third-order valence-corrected chi connectivity index (χ3v) is 7.19. The van der Waals surface area contributed by atoms with Crippen molar-refractivity contribution in [3.63, 3.8) is 0 Å². The highest BCUT2D eigenvalue weighted by atomic mass is 79.9. The van der Waals surface area contributed by atoms with Gasteiger partial charge in [0.15, 0.2) is 11.6 Å². The number of nitrogens with one attached hydrogen (secondary N) is 1. The Morgan fingerprint density at radius 3 is 2.42 bits per heavy atom. The van der Waals surface area contributed by atoms with Crippen LogP contribution in [0.3, 0.4) is 0 Å². The number of halogens is 1. The van der Waals surface area contributed by atoms with E-state index in [0.717, 1.165) is 20.8 Å². The number of carbonyl (C=O) groups is 2. The van der Waals surface area contributed by atoms with E-state index in [1.165, 1.54) is 18.7 Å². The predicted octanol–water partition coefficient (Wildman–Crippen LogP) is 6.50. The van der Waals surface area contributed by atoms with E-state index in [1.807, 2.05) is 73.7 Å². The summed E-state index contributed by atoms with van der Waals surface area (Å²) in [4.78, 5) is 25.4. The number of Topliss-reactive ketones (excluding diaryl/α,β-unsaturated/α-hetero) is 2. The van der Waals surface area contributed by atoms with Crippen molar-refractivity contribution in [1.29, 1.82) is 5.26 Å². The molecule has 3 aromatic rings. The lowest BCUT2D eigenvalue weighted by atomic mass is 9.81. The molecule has 1 N–H and O–H groups in total. The molecule has 1 heterocycles. The van der Waals surface area contributed by atoms with Gasteiger partial charge in [0.25, 0.3) is 0 Å². The quantitative estimate of drug-likeness (QED) is 0.378. The summed E-state index contributed by atoms with van der Waals surface area (Å²) >= 11 is 4.74. The highest BCUT2D eigenvalue weighted by molar-refractivity contribution is 9.10. The molecular formula is C27H21BrN2O2S. The van der Waals surface area contributed by atoms with E-state index in [0.29, 0.717) is 27.4 Å². The van der Waals surface area contributed by atoms with E-state index in [9.17, 15) is 14.9 Å². The number of dihydropyridines is 1. The number of nitrogens with zero attached hydrogens (tertiary/aromatic N) is 1. The van der Waals surface area contributed by atoms with Gasteiger partial charge in [0, 0.05) is 21.3 Å². The average Bonchev–Trinajstić information content (AvgIpc) is 2.82. The summed E-state index contributed by atoms with van der Waals surface area (Å²) in [6.45, 7) is 3.35. The SMILES string of the molecule is CC(=O)C1=C(C)NC(SCC(=O)c2ccc3ccccc3c2)=C(C#N)[C@H]1c1ccc(Br)cc1. The van der Waals surface area contributed by atoms with E-state index in [-0.39, 0.29) is 17.3 Å². The maximum Gasteiger partial charge on any atom is 0.173 e. The molecule has 4 rings (SSSR count). The Bertz CT molecular complexity index is 1370. The second kappa shape index (κ2) is 9.78. The Kier molecular flexibility index (Phi) is 6.83. The van der Waals surface area contributed by atoms with Gasteiger partial charge >= 0.3 is 0 Å². The molecule has 0 aliphatic carbocycles. The minimum absolute atomic E-state index is 0.0171. The van der Waals surface area contributed by atoms with Crippen LogP contribution in [0.2, 0.25) is 0 Å². The molecule has 4 nitrogen and oxygen atoms in total. The van der Waals surface area contributed by atoms with Crippen molar-refractivity contribution in [2.45, 2.75) is 19.8 Å². The molecule has 0 amide bonds. The average molecular weight is 517 g/mol. The smallest absolute Gasteiger partial charge is 0.173 e.